The fourth-order valence-electron chi connectivity index (χ4n) is 3.21. The zero-order valence-corrected chi connectivity index (χ0v) is 11.9. The van der Waals surface area contributed by atoms with E-state index in [1.54, 1.807) is 0 Å². The molecule has 3 heterocycles. The Bertz CT molecular complexity index is 424. The Labute approximate surface area is 115 Å². The van der Waals surface area contributed by atoms with Crippen molar-refractivity contribution >= 4 is 5.95 Å². The monoisotopic (exact) mass is 261 g/mol. The number of likely N-dealkylation sites (N-methyl/N-ethyl adjacent to an activating group) is 1. The largest absolute Gasteiger partial charge is 0.338 e. The fourth-order valence-corrected chi connectivity index (χ4v) is 3.21. The van der Waals surface area contributed by atoms with E-state index < -0.39 is 0 Å². The summed E-state index contributed by atoms with van der Waals surface area (Å²) in [5.41, 5.74) is 1.42. The van der Waals surface area contributed by atoms with Crippen molar-refractivity contribution in [2.75, 3.05) is 44.7 Å². The third-order valence-corrected chi connectivity index (χ3v) is 4.58. The Hall–Kier alpha value is -1.20. The minimum Gasteiger partial charge on any atom is -0.338 e. The van der Waals surface area contributed by atoms with Gasteiger partial charge in [0.15, 0.2) is 0 Å². The van der Waals surface area contributed by atoms with E-state index in [4.69, 9.17) is 0 Å². The van der Waals surface area contributed by atoms with Crippen LogP contribution in [-0.4, -0.2) is 60.2 Å². The van der Waals surface area contributed by atoms with Crippen LogP contribution in [0, 0.1) is 6.92 Å². The van der Waals surface area contributed by atoms with E-state index in [9.17, 15) is 0 Å². The number of piperidine rings is 1. The number of hydrogen-bond acceptors (Lipinski definition) is 5. The molecule has 2 fully saturated rings. The molecule has 19 heavy (non-hydrogen) atoms. The molecular formula is C14H23N5. The van der Waals surface area contributed by atoms with Crippen LogP contribution in [0.25, 0.3) is 0 Å². The van der Waals surface area contributed by atoms with Gasteiger partial charge in [-0.15, -0.1) is 0 Å². The summed E-state index contributed by atoms with van der Waals surface area (Å²) < 4.78 is 0. The topological polar surface area (TPSA) is 44.3 Å². The molecule has 5 nitrogen and oxygen atoms in total. The first-order valence-corrected chi connectivity index (χ1v) is 7.15. The van der Waals surface area contributed by atoms with E-state index in [1.807, 2.05) is 19.3 Å². The number of aromatic nitrogens is 2. The van der Waals surface area contributed by atoms with Gasteiger partial charge in [0.1, 0.15) is 0 Å². The van der Waals surface area contributed by atoms with Gasteiger partial charge in [0.2, 0.25) is 5.95 Å². The summed E-state index contributed by atoms with van der Waals surface area (Å²) in [7, 11) is 2.26. The minimum atomic E-state index is 0.303. The highest BCUT2D eigenvalue weighted by molar-refractivity contribution is 5.32. The maximum absolute atomic E-state index is 4.49. The van der Waals surface area contributed by atoms with E-state index in [0.717, 1.165) is 44.2 Å². The van der Waals surface area contributed by atoms with Crippen LogP contribution in [0.4, 0.5) is 5.95 Å². The van der Waals surface area contributed by atoms with E-state index in [2.05, 4.69) is 32.1 Å². The third-order valence-electron chi connectivity index (χ3n) is 4.58. The van der Waals surface area contributed by atoms with Crippen LogP contribution in [0.2, 0.25) is 0 Å². The predicted molar refractivity (Wildman–Crippen MR) is 76.4 cm³/mol. The fraction of sp³-hybridized carbons (Fsp3) is 0.714. The number of rotatable bonds is 1. The Morgan fingerprint density at radius 2 is 1.84 bits per heavy atom. The Morgan fingerprint density at radius 3 is 2.53 bits per heavy atom. The molecule has 1 aromatic rings. The highest BCUT2D eigenvalue weighted by Gasteiger charge is 2.41. The van der Waals surface area contributed by atoms with Gasteiger partial charge in [-0.1, -0.05) is 0 Å². The van der Waals surface area contributed by atoms with E-state index in [1.165, 1.54) is 12.8 Å². The van der Waals surface area contributed by atoms with Crippen LogP contribution in [0.1, 0.15) is 18.4 Å². The highest BCUT2D eigenvalue weighted by atomic mass is 15.3. The first-order chi connectivity index (χ1) is 9.20. The van der Waals surface area contributed by atoms with Gasteiger partial charge in [0.05, 0.1) is 0 Å². The van der Waals surface area contributed by atoms with Crippen LogP contribution in [0.15, 0.2) is 12.4 Å². The van der Waals surface area contributed by atoms with Gasteiger partial charge in [-0.3, -0.25) is 4.90 Å². The van der Waals surface area contributed by atoms with E-state index in [-0.39, 0.29) is 0 Å². The second-order valence-electron chi connectivity index (χ2n) is 5.88. The maximum atomic E-state index is 4.49. The van der Waals surface area contributed by atoms with Crippen molar-refractivity contribution in [3.8, 4) is 0 Å². The molecule has 0 saturated carbocycles. The lowest BCUT2D eigenvalue weighted by molar-refractivity contribution is 0.0693. The summed E-state index contributed by atoms with van der Waals surface area (Å²) in [4.78, 5) is 13.9. The molecule has 0 aromatic carbocycles. The average molecular weight is 261 g/mol. The predicted octanol–water partition coefficient (Wildman–Crippen LogP) is 0.659. The number of anilines is 1. The maximum Gasteiger partial charge on any atom is 0.225 e. The molecule has 0 radical (unpaired) electrons. The van der Waals surface area contributed by atoms with Crippen molar-refractivity contribution in [1.82, 2.24) is 20.2 Å². The van der Waals surface area contributed by atoms with E-state index >= 15 is 0 Å². The lowest BCUT2D eigenvalue weighted by atomic mass is 9.84. The van der Waals surface area contributed by atoms with Crippen LogP contribution in [0.3, 0.4) is 0 Å². The SMILES string of the molecule is Cc1cnc(N2CCN(C)C3(CCNCC3)C2)nc1. The summed E-state index contributed by atoms with van der Waals surface area (Å²) in [6.45, 7) is 7.43. The van der Waals surface area contributed by atoms with Crippen molar-refractivity contribution in [2.45, 2.75) is 25.3 Å². The summed E-state index contributed by atoms with van der Waals surface area (Å²) in [6, 6.07) is 0. The van der Waals surface area contributed by atoms with Gasteiger partial charge < -0.3 is 10.2 Å². The van der Waals surface area contributed by atoms with Crippen molar-refractivity contribution in [1.29, 1.82) is 0 Å². The van der Waals surface area contributed by atoms with Crippen LogP contribution in [-0.2, 0) is 0 Å². The quantitative estimate of drug-likeness (QED) is 0.804. The zero-order chi connectivity index (χ0) is 13.3. The minimum absolute atomic E-state index is 0.303. The van der Waals surface area contributed by atoms with Gasteiger partial charge in [-0.05, 0) is 45.5 Å². The Balaban J connectivity index is 1.79. The van der Waals surface area contributed by atoms with Crippen LogP contribution in [0.5, 0.6) is 0 Å². The number of piperazine rings is 1. The van der Waals surface area contributed by atoms with Crippen molar-refractivity contribution < 1.29 is 0 Å². The summed E-state index contributed by atoms with van der Waals surface area (Å²) in [6.07, 6.45) is 6.25. The molecule has 1 aromatic heterocycles. The molecule has 0 bridgehead atoms. The summed E-state index contributed by atoms with van der Waals surface area (Å²) in [5, 5.41) is 3.46. The Kier molecular flexibility index (Phi) is 3.41. The standard InChI is InChI=1S/C14H23N5/c1-12-9-16-13(17-10-12)19-8-7-18(2)14(11-19)3-5-15-6-4-14/h9-10,15H,3-8,11H2,1-2H3. The molecule has 5 heteroatoms. The molecule has 0 aliphatic carbocycles. The highest BCUT2D eigenvalue weighted by Crippen LogP contribution is 2.30. The second-order valence-corrected chi connectivity index (χ2v) is 5.88. The van der Waals surface area contributed by atoms with Crippen LogP contribution >= 0.6 is 0 Å². The number of nitrogens with zero attached hydrogens (tertiary/aromatic N) is 4. The lowest BCUT2D eigenvalue weighted by Gasteiger charge is -2.51. The van der Waals surface area contributed by atoms with Gasteiger partial charge in [0, 0.05) is 37.6 Å². The van der Waals surface area contributed by atoms with Crippen molar-refractivity contribution in [3.63, 3.8) is 0 Å². The van der Waals surface area contributed by atoms with E-state index in [0.29, 0.717) is 5.54 Å². The molecule has 1 N–H and O–H groups in total. The normalized spacial score (nSPS) is 23.8. The van der Waals surface area contributed by atoms with Crippen molar-refractivity contribution in [2.24, 2.45) is 0 Å². The average Bonchev–Trinajstić information content (AvgIpc) is 2.44. The molecule has 2 aliphatic rings. The van der Waals surface area contributed by atoms with Gasteiger partial charge in [-0.25, -0.2) is 9.97 Å². The molecule has 0 atom stereocenters. The number of nitrogens with one attached hydrogen (secondary N) is 1. The van der Waals surface area contributed by atoms with Gasteiger partial charge in [-0.2, -0.15) is 0 Å². The number of aryl methyl sites for hydroxylation is 1. The zero-order valence-electron chi connectivity index (χ0n) is 11.9. The van der Waals surface area contributed by atoms with Gasteiger partial charge in [0.25, 0.3) is 0 Å². The molecular weight excluding hydrogens is 238 g/mol. The van der Waals surface area contributed by atoms with Crippen LogP contribution < -0.4 is 10.2 Å². The molecule has 0 unspecified atom stereocenters. The lowest BCUT2D eigenvalue weighted by Crippen LogP contribution is -2.64. The summed E-state index contributed by atoms with van der Waals surface area (Å²) in [5.74, 6) is 0.886. The smallest absolute Gasteiger partial charge is 0.225 e. The molecule has 3 rings (SSSR count). The summed E-state index contributed by atoms with van der Waals surface area (Å²) >= 11 is 0. The molecule has 1 spiro atoms. The number of hydrogen-bond donors (Lipinski definition) is 1. The molecule has 0 amide bonds. The molecule has 2 saturated heterocycles. The second kappa shape index (κ2) is 5.06. The molecule has 104 valence electrons. The third kappa shape index (κ3) is 2.44. The first kappa shape index (κ1) is 12.8. The molecule has 2 aliphatic heterocycles. The van der Waals surface area contributed by atoms with Gasteiger partial charge >= 0.3 is 0 Å². The first-order valence-electron chi connectivity index (χ1n) is 7.15. The van der Waals surface area contributed by atoms with Crippen molar-refractivity contribution in [3.05, 3.63) is 18.0 Å². The Morgan fingerprint density at radius 1 is 1.16 bits per heavy atom.